The van der Waals surface area contributed by atoms with E-state index >= 15 is 0 Å². The summed E-state index contributed by atoms with van der Waals surface area (Å²) in [5, 5.41) is 17.7. The van der Waals surface area contributed by atoms with Crippen LogP contribution in [-0.4, -0.2) is 46.9 Å². The zero-order valence-electron chi connectivity index (χ0n) is 16.3. The largest absolute Gasteiger partial charge is 0.481 e. The van der Waals surface area contributed by atoms with Crippen molar-refractivity contribution in [2.75, 3.05) is 13.1 Å². The number of thiophene rings is 1. The van der Waals surface area contributed by atoms with Crippen LogP contribution in [0.4, 0.5) is 0 Å². The Morgan fingerprint density at radius 2 is 2.13 bits per heavy atom. The Kier molecular flexibility index (Phi) is 7.50. The van der Waals surface area contributed by atoms with Crippen molar-refractivity contribution in [3.05, 3.63) is 52.0 Å². The lowest BCUT2D eigenvalue weighted by Crippen LogP contribution is -2.43. The predicted molar refractivity (Wildman–Crippen MR) is 112 cm³/mol. The number of hydrogen-bond donors (Lipinski definition) is 4. The number of pyridine rings is 1. The fraction of sp³-hybridized carbons (Fsp3) is 0.350. The van der Waals surface area contributed by atoms with Crippen LogP contribution in [0.2, 0.25) is 0 Å². The highest BCUT2D eigenvalue weighted by Gasteiger charge is 2.20. The second-order valence-corrected chi connectivity index (χ2v) is 7.90. The third-order valence-electron chi connectivity index (χ3n) is 4.41. The summed E-state index contributed by atoms with van der Waals surface area (Å²) in [4.78, 5) is 45.4. The predicted octanol–water partition coefficient (Wildman–Crippen LogP) is 1.49. The molecule has 0 saturated heterocycles. The molecular formula is C20H23N5O4S. The number of carbonyl (C=O) groups excluding carboxylic acids is 2. The first-order valence-corrected chi connectivity index (χ1v) is 10.4. The van der Waals surface area contributed by atoms with Crippen molar-refractivity contribution in [3.8, 4) is 0 Å². The summed E-state index contributed by atoms with van der Waals surface area (Å²) in [5.74, 6) is -0.997. The number of nitrogens with one attached hydrogen (secondary N) is 3. The van der Waals surface area contributed by atoms with Crippen LogP contribution < -0.4 is 16.0 Å². The van der Waals surface area contributed by atoms with Crippen molar-refractivity contribution in [1.82, 2.24) is 20.9 Å². The Labute approximate surface area is 177 Å². The molecule has 0 bridgehead atoms. The van der Waals surface area contributed by atoms with Gasteiger partial charge in [-0.1, -0.05) is 6.07 Å². The van der Waals surface area contributed by atoms with Crippen molar-refractivity contribution < 1.29 is 19.5 Å². The van der Waals surface area contributed by atoms with Crippen molar-refractivity contribution in [2.24, 2.45) is 4.99 Å². The van der Waals surface area contributed by atoms with Crippen molar-refractivity contribution in [1.29, 1.82) is 0 Å². The number of aromatic nitrogens is 1. The zero-order valence-corrected chi connectivity index (χ0v) is 17.1. The highest BCUT2D eigenvalue weighted by molar-refractivity contribution is 7.14. The van der Waals surface area contributed by atoms with E-state index in [4.69, 9.17) is 5.11 Å². The molecule has 158 valence electrons. The average molecular weight is 430 g/mol. The molecule has 0 spiro atoms. The van der Waals surface area contributed by atoms with E-state index in [9.17, 15) is 14.4 Å². The number of carboxylic acid groups (broad SMARTS) is 1. The van der Waals surface area contributed by atoms with Crippen molar-refractivity contribution in [3.63, 3.8) is 0 Å². The smallest absolute Gasteiger partial charge is 0.305 e. The van der Waals surface area contributed by atoms with Crippen molar-refractivity contribution >= 4 is 35.1 Å². The molecular weight excluding hydrogens is 406 g/mol. The maximum atomic E-state index is 12.6. The van der Waals surface area contributed by atoms with Gasteiger partial charge in [0.25, 0.3) is 5.91 Å². The number of carboxylic acids is 1. The second-order valence-electron chi connectivity index (χ2n) is 6.74. The maximum Gasteiger partial charge on any atom is 0.305 e. The van der Waals surface area contributed by atoms with Crippen molar-refractivity contribution in [2.45, 2.75) is 31.7 Å². The zero-order chi connectivity index (χ0) is 21.3. The molecule has 0 unspecified atom stereocenters. The number of rotatable bonds is 8. The normalized spacial score (nSPS) is 14.2. The third-order valence-corrected chi connectivity index (χ3v) is 5.55. The molecule has 4 N–H and O–H groups in total. The monoisotopic (exact) mass is 429 g/mol. The fourth-order valence-corrected chi connectivity index (χ4v) is 3.83. The quantitative estimate of drug-likeness (QED) is 0.502. The van der Waals surface area contributed by atoms with Gasteiger partial charge in [0.05, 0.1) is 17.3 Å². The Morgan fingerprint density at radius 3 is 2.83 bits per heavy atom. The van der Waals surface area contributed by atoms with Gasteiger partial charge in [0.2, 0.25) is 5.91 Å². The van der Waals surface area contributed by atoms with Crippen LogP contribution in [0.15, 0.2) is 41.7 Å². The van der Waals surface area contributed by atoms with Crippen LogP contribution in [0.3, 0.4) is 0 Å². The summed E-state index contributed by atoms with van der Waals surface area (Å²) >= 11 is 1.28. The van der Waals surface area contributed by atoms with Crippen LogP contribution in [-0.2, 0) is 16.0 Å². The molecule has 2 amide bonds. The molecule has 2 aromatic rings. The Balaban J connectivity index is 1.55. The molecule has 3 heterocycles. The van der Waals surface area contributed by atoms with E-state index in [1.54, 1.807) is 30.5 Å². The van der Waals surface area contributed by atoms with E-state index in [2.05, 4.69) is 25.9 Å². The molecule has 0 aromatic carbocycles. The highest BCUT2D eigenvalue weighted by atomic mass is 32.1. The molecule has 0 saturated carbocycles. The summed E-state index contributed by atoms with van der Waals surface area (Å²) < 4.78 is 0. The molecule has 1 aliphatic rings. The van der Waals surface area contributed by atoms with Gasteiger partial charge in [-0.15, -0.1) is 11.3 Å². The summed E-state index contributed by atoms with van der Waals surface area (Å²) in [5.41, 5.74) is 0.626. The van der Waals surface area contributed by atoms with Crippen LogP contribution in [0.5, 0.6) is 0 Å². The van der Waals surface area contributed by atoms with E-state index in [-0.39, 0.29) is 24.7 Å². The van der Waals surface area contributed by atoms with Crippen LogP contribution >= 0.6 is 11.3 Å². The SMILES string of the molecule is O=C(O)C[C@@H](NC(=O)c1ccc(CCC(=O)NC2=NCCCN2)s1)c1cccnc1. The first kappa shape index (κ1) is 21.4. The van der Waals surface area contributed by atoms with Gasteiger partial charge in [-0.3, -0.25) is 29.7 Å². The van der Waals surface area contributed by atoms with Gasteiger partial charge in [0, 0.05) is 36.8 Å². The standard InChI is InChI=1S/C20H23N5O4S/c26-17(25-20-22-9-2-10-23-20)7-5-14-4-6-16(30-14)19(29)24-15(11-18(27)28)13-3-1-8-21-12-13/h1,3-4,6,8,12,15H,2,5,7,9-11H2,(H,24,29)(H,27,28)(H2,22,23,25,26)/t15-/m1/s1. The lowest BCUT2D eigenvalue weighted by molar-refractivity contribution is -0.137. The minimum absolute atomic E-state index is 0.138. The Hall–Kier alpha value is -3.27. The van der Waals surface area contributed by atoms with Crippen LogP contribution in [0, 0.1) is 0 Å². The number of hydrogen-bond acceptors (Lipinski definition) is 7. The van der Waals surface area contributed by atoms with Gasteiger partial charge >= 0.3 is 5.97 Å². The molecule has 1 atom stereocenters. The molecule has 1 aliphatic heterocycles. The highest BCUT2D eigenvalue weighted by Crippen LogP contribution is 2.21. The van der Waals surface area contributed by atoms with Gasteiger partial charge in [0.15, 0.2) is 5.96 Å². The Bertz CT molecular complexity index is 928. The average Bonchev–Trinajstić information content (AvgIpc) is 3.22. The first-order chi connectivity index (χ1) is 14.5. The number of guanidine groups is 1. The van der Waals surface area contributed by atoms with E-state index in [0.29, 0.717) is 29.4 Å². The number of nitrogens with zero attached hydrogens (tertiary/aromatic N) is 2. The lowest BCUT2D eigenvalue weighted by atomic mass is 10.1. The number of carbonyl (C=O) groups is 3. The molecule has 10 heteroatoms. The van der Waals surface area contributed by atoms with E-state index < -0.39 is 12.0 Å². The third kappa shape index (κ3) is 6.38. The van der Waals surface area contributed by atoms with E-state index in [0.717, 1.165) is 17.8 Å². The molecule has 3 rings (SSSR count). The molecule has 0 radical (unpaired) electrons. The van der Waals surface area contributed by atoms with Gasteiger partial charge in [-0.25, -0.2) is 0 Å². The summed E-state index contributed by atoms with van der Waals surface area (Å²) in [6.45, 7) is 1.50. The fourth-order valence-electron chi connectivity index (χ4n) is 2.92. The van der Waals surface area contributed by atoms with E-state index in [1.807, 2.05) is 0 Å². The van der Waals surface area contributed by atoms with Gasteiger partial charge in [-0.05, 0) is 36.6 Å². The number of aryl methyl sites for hydroxylation is 1. The summed E-state index contributed by atoms with van der Waals surface area (Å²) in [6, 6.07) is 6.23. The Morgan fingerprint density at radius 1 is 1.27 bits per heavy atom. The minimum atomic E-state index is -1.01. The lowest BCUT2D eigenvalue weighted by Gasteiger charge is -2.16. The second kappa shape index (κ2) is 10.5. The summed E-state index contributed by atoms with van der Waals surface area (Å²) in [7, 11) is 0. The van der Waals surface area contributed by atoms with Crippen LogP contribution in [0.1, 0.15) is 45.4 Å². The maximum absolute atomic E-state index is 12.6. The minimum Gasteiger partial charge on any atom is -0.481 e. The molecule has 0 aliphatic carbocycles. The number of amides is 2. The first-order valence-electron chi connectivity index (χ1n) is 9.60. The molecule has 0 fully saturated rings. The molecule has 30 heavy (non-hydrogen) atoms. The van der Waals surface area contributed by atoms with Gasteiger partial charge < -0.3 is 15.7 Å². The molecule has 9 nitrogen and oxygen atoms in total. The topological polar surface area (TPSA) is 133 Å². The van der Waals surface area contributed by atoms with Gasteiger partial charge in [0.1, 0.15) is 0 Å². The van der Waals surface area contributed by atoms with Gasteiger partial charge in [-0.2, -0.15) is 0 Å². The number of aliphatic carboxylic acids is 1. The van der Waals surface area contributed by atoms with Crippen LogP contribution in [0.25, 0.3) is 0 Å². The van der Waals surface area contributed by atoms with E-state index in [1.165, 1.54) is 17.5 Å². The number of aliphatic imine (C=N–C) groups is 1. The molecule has 2 aromatic heterocycles. The summed E-state index contributed by atoms with van der Waals surface area (Å²) in [6.07, 6.45) is 4.61.